The average molecular weight is 407 g/mol. The van der Waals surface area contributed by atoms with Crippen LogP contribution in [-0.4, -0.2) is 34.3 Å². The number of pyridine rings is 1. The van der Waals surface area contributed by atoms with E-state index in [-0.39, 0.29) is 5.91 Å². The van der Waals surface area contributed by atoms with E-state index in [9.17, 15) is 4.79 Å². The van der Waals surface area contributed by atoms with E-state index < -0.39 is 0 Å². The van der Waals surface area contributed by atoms with Gasteiger partial charge in [-0.2, -0.15) is 5.10 Å². The number of carbonyl (C=O) groups is 1. The van der Waals surface area contributed by atoms with Crippen LogP contribution in [-0.2, 0) is 13.0 Å². The quantitative estimate of drug-likeness (QED) is 0.500. The maximum absolute atomic E-state index is 13.0. The number of aromatic nitrogens is 3. The molecule has 0 aliphatic rings. The molecule has 0 radical (unpaired) electrons. The van der Waals surface area contributed by atoms with Gasteiger partial charge in [0.2, 0.25) is 0 Å². The van der Waals surface area contributed by atoms with Crippen LogP contribution in [0, 0.1) is 0 Å². The van der Waals surface area contributed by atoms with Gasteiger partial charge in [0.15, 0.2) is 5.65 Å². The molecule has 3 heterocycles. The summed E-state index contributed by atoms with van der Waals surface area (Å²) in [4.78, 5) is 18.8. The van der Waals surface area contributed by atoms with Crippen LogP contribution in [0.1, 0.15) is 22.8 Å². The van der Waals surface area contributed by atoms with Gasteiger partial charge < -0.3 is 10.1 Å². The van der Waals surface area contributed by atoms with Crippen molar-refractivity contribution in [3.63, 3.8) is 0 Å². The second kappa shape index (κ2) is 8.45. The third-order valence-corrected chi connectivity index (χ3v) is 5.68. The van der Waals surface area contributed by atoms with E-state index >= 15 is 0 Å². The number of hydrogen-bond acceptors (Lipinski definition) is 5. The van der Waals surface area contributed by atoms with Crippen molar-refractivity contribution in [3.8, 4) is 16.3 Å². The molecule has 29 heavy (non-hydrogen) atoms. The average Bonchev–Trinajstić information content (AvgIpc) is 3.43. The number of aryl methyl sites for hydroxylation is 1. The molecule has 4 rings (SSSR count). The summed E-state index contributed by atoms with van der Waals surface area (Å²) >= 11 is 1.61. The Balaban J connectivity index is 1.56. The van der Waals surface area contributed by atoms with E-state index in [2.05, 4.69) is 10.4 Å². The third-order valence-electron chi connectivity index (χ3n) is 4.79. The van der Waals surface area contributed by atoms with Gasteiger partial charge >= 0.3 is 0 Å². The molecule has 0 fully saturated rings. The van der Waals surface area contributed by atoms with Gasteiger partial charge in [0, 0.05) is 13.1 Å². The lowest BCUT2D eigenvalue weighted by atomic mass is 10.1. The van der Waals surface area contributed by atoms with E-state index in [1.54, 1.807) is 24.6 Å². The summed E-state index contributed by atoms with van der Waals surface area (Å²) in [5.74, 6) is 0.713. The Morgan fingerprint density at radius 1 is 1.24 bits per heavy atom. The highest BCUT2D eigenvalue weighted by Gasteiger charge is 2.17. The Morgan fingerprint density at radius 2 is 2.07 bits per heavy atom. The highest BCUT2D eigenvalue weighted by atomic mass is 32.1. The number of rotatable bonds is 7. The molecule has 1 N–H and O–H groups in total. The van der Waals surface area contributed by atoms with Crippen LogP contribution >= 0.6 is 11.3 Å². The van der Waals surface area contributed by atoms with E-state index in [4.69, 9.17) is 9.72 Å². The lowest BCUT2D eigenvalue weighted by Crippen LogP contribution is -2.26. The summed E-state index contributed by atoms with van der Waals surface area (Å²) in [6.45, 7) is 3.26. The van der Waals surface area contributed by atoms with Crippen molar-refractivity contribution in [1.29, 1.82) is 0 Å². The van der Waals surface area contributed by atoms with Crippen molar-refractivity contribution in [3.05, 3.63) is 65.2 Å². The zero-order chi connectivity index (χ0) is 20.2. The lowest BCUT2D eigenvalue weighted by Gasteiger charge is -2.09. The molecule has 0 atom stereocenters. The van der Waals surface area contributed by atoms with Crippen molar-refractivity contribution in [2.45, 2.75) is 19.9 Å². The number of thiophene rings is 1. The number of hydrogen-bond donors (Lipinski definition) is 1. The Labute approximate surface area is 173 Å². The minimum atomic E-state index is -0.112. The van der Waals surface area contributed by atoms with Gasteiger partial charge in [0.05, 0.1) is 34.8 Å². The van der Waals surface area contributed by atoms with E-state index in [0.29, 0.717) is 18.7 Å². The predicted octanol–water partition coefficient (Wildman–Crippen LogP) is 4.16. The molecule has 3 aromatic heterocycles. The molecular formula is C22H22N4O2S. The van der Waals surface area contributed by atoms with Crippen LogP contribution in [0.15, 0.2) is 54.0 Å². The van der Waals surface area contributed by atoms with Gasteiger partial charge in [0.1, 0.15) is 5.75 Å². The fourth-order valence-electron chi connectivity index (χ4n) is 3.23. The first-order chi connectivity index (χ1) is 14.2. The summed E-state index contributed by atoms with van der Waals surface area (Å²) < 4.78 is 7.00. The number of nitrogens with one attached hydrogen (secondary N) is 1. The number of ether oxygens (including phenoxy) is 1. The molecule has 1 amide bonds. The lowest BCUT2D eigenvalue weighted by molar-refractivity contribution is 0.0955. The summed E-state index contributed by atoms with van der Waals surface area (Å²) in [5, 5.41) is 10.2. The maximum Gasteiger partial charge on any atom is 0.252 e. The van der Waals surface area contributed by atoms with Crippen LogP contribution in [0.2, 0.25) is 0 Å². The second-order valence-electron chi connectivity index (χ2n) is 6.58. The number of fused-ring (bicyclic) bond motifs is 1. The third kappa shape index (κ3) is 4.00. The predicted molar refractivity (Wildman–Crippen MR) is 116 cm³/mol. The normalized spacial score (nSPS) is 11.0. The Bertz CT molecular complexity index is 1120. The molecular weight excluding hydrogens is 384 g/mol. The molecule has 7 heteroatoms. The van der Waals surface area contributed by atoms with Crippen molar-refractivity contribution in [2.75, 3.05) is 13.7 Å². The maximum atomic E-state index is 13.0. The molecule has 1 aromatic carbocycles. The zero-order valence-electron chi connectivity index (χ0n) is 16.4. The van der Waals surface area contributed by atoms with Crippen molar-refractivity contribution in [1.82, 2.24) is 20.1 Å². The van der Waals surface area contributed by atoms with E-state index in [0.717, 1.165) is 39.3 Å². The minimum Gasteiger partial charge on any atom is -0.497 e. The molecule has 0 aliphatic carbocycles. The molecule has 0 saturated carbocycles. The molecule has 4 aromatic rings. The Kier molecular flexibility index (Phi) is 5.57. The summed E-state index contributed by atoms with van der Waals surface area (Å²) in [6.07, 6.45) is 2.47. The monoisotopic (exact) mass is 406 g/mol. The number of nitrogens with zero attached hydrogens (tertiary/aromatic N) is 3. The van der Waals surface area contributed by atoms with E-state index in [1.807, 2.05) is 59.5 Å². The molecule has 0 bridgehead atoms. The van der Waals surface area contributed by atoms with Gasteiger partial charge in [-0.15, -0.1) is 11.3 Å². The van der Waals surface area contributed by atoms with Gasteiger partial charge in [-0.3, -0.25) is 4.79 Å². The molecule has 0 saturated heterocycles. The molecule has 6 nitrogen and oxygen atoms in total. The largest absolute Gasteiger partial charge is 0.497 e. The first-order valence-corrected chi connectivity index (χ1v) is 10.4. The standard InChI is InChI=1S/C22H22N4O2S/c1-3-26-21-18(14-24-26)17(13-19(25-21)20-5-4-12-29-20)22(27)23-11-10-15-6-8-16(28-2)9-7-15/h4-9,12-14H,3,10-11H2,1-2H3,(H,23,27). The Morgan fingerprint density at radius 3 is 2.76 bits per heavy atom. The van der Waals surface area contributed by atoms with Crippen LogP contribution in [0.4, 0.5) is 0 Å². The number of methoxy groups -OCH3 is 1. The van der Waals surface area contributed by atoms with Crippen molar-refractivity contribution in [2.24, 2.45) is 0 Å². The number of amides is 1. The first kappa shape index (κ1) is 19.1. The van der Waals surface area contributed by atoms with Gasteiger partial charge in [-0.25, -0.2) is 9.67 Å². The molecule has 148 valence electrons. The van der Waals surface area contributed by atoms with Gasteiger partial charge in [0.25, 0.3) is 5.91 Å². The zero-order valence-corrected chi connectivity index (χ0v) is 17.2. The van der Waals surface area contributed by atoms with Crippen LogP contribution < -0.4 is 10.1 Å². The summed E-state index contributed by atoms with van der Waals surface area (Å²) in [5.41, 5.74) is 3.28. The van der Waals surface area contributed by atoms with Crippen LogP contribution in [0.5, 0.6) is 5.75 Å². The van der Waals surface area contributed by atoms with Crippen LogP contribution in [0.25, 0.3) is 21.6 Å². The Hall–Kier alpha value is -3.19. The highest BCUT2D eigenvalue weighted by molar-refractivity contribution is 7.13. The van der Waals surface area contributed by atoms with E-state index in [1.165, 1.54) is 0 Å². The highest BCUT2D eigenvalue weighted by Crippen LogP contribution is 2.28. The van der Waals surface area contributed by atoms with Crippen molar-refractivity contribution < 1.29 is 9.53 Å². The fourth-order valence-corrected chi connectivity index (χ4v) is 3.91. The van der Waals surface area contributed by atoms with Gasteiger partial charge in [-0.05, 0) is 48.6 Å². The summed E-state index contributed by atoms with van der Waals surface area (Å²) in [7, 11) is 1.65. The molecule has 0 spiro atoms. The van der Waals surface area contributed by atoms with Crippen LogP contribution in [0.3, 0.4) is 0 Å². The topological polar surface area (TPSA) is 69.0 Å². The SMILES string of the molecule is CCn1ncc2c(C(=O)NCCc3ccc(OC)cc3)cc(-c3cccs3)nc21. The van der Waals surface area contributed by atoms with Crippen molar-refractivity contribution >= 4 is 28.3 Å². The molecule has 0 unspecified atom stereocenters. The smallest absolute Gasteiger partial charge is 0.252 e. The van der Waals surface area contributed by atoms with Gasteiger partial charge in [-0.1, -0.05) is 18.2 Å². The fraction of sp³-hybridized carbons (Fsp3) is 0.227. The minimum absolute atomic E-state index is 0.112. The molecule has 0 aliphatic heterocycles. The summed E-state index contributed by atoms with van der Waals surface area (Å²) in [6, 6.07) is 13.7. The second-order valence-corrected chi connectivity index (χ2v) is 7.53. The number of benzene rings is 1. The first-order valence-electron chi connectivity index (χ1n) is 9.51. The number of carbonyl (C=O) groups excluding carboxylic acids is 1.